The van der Waals surface area contributed by atoms with Gasteiger partial charge in [0.25, 0.3) is 5.91 Å². The third-order valence-electron chi connectivity index (χ3n) is 1.79. The van der Waals surface area contributed by atoms with Crippen LogP contribution in [-0.4, -0.2) is 34.3 Å². The quantitative estimate of drug-likeness (QED) is 0.587. The van der Waals surface area contributed by atoms with E-state index in [2.05, 4.69) is 5.32 Å². The molecule has 0 aliphatic carbocycles. The molecule has 1 aromatic rings. The lowest BCUT2D eigenvalue weighted by Gasteiger charge is -2.08. The van der Waals surface area contributed by atoms with Crippen LogP contribution in [0.1, 0.15) is 5.56 Å². The Balaban J connectivity index is 0.00000196. The van der Waals surface area contributed by atoms with Crippen molar-refractivity contribution in [3.05, 3.63) is 35.9 Å². The standard InChI is InChI=1S/C10H13NO3.H2O/c12-7-9(13)10(14)11-6-8-4-2-1-3-5-8;/h1-5,9,12-13H,6-7H2,(H,11,14);1H2. The highest BCUT2D eigenvalue weighted by Crippen LogP contribution is 1.97. The van der Waals surface area contributed by atoms with E-state index in [4.69, 9.17) is 10.2 Å². The first kappa shape index (κ1) is 13.6. The van der Waals surface area contributed by atoms with E-state index in [-0.39, 0.29) is 5.48 Å². The smallest absolute Gasteiger partial charge is 0.251 e. The SMILES string of the molecule is O.O=C(NCc1ccccc1)C(O)CO. The van der Waals surface area contributed by atoms with E-state index >= 15 is 0 Å². The summed E-state index contributed by atoms with van der Waals surface area (Å²) in [7, 11) is 0. The van der Waals surface area contributed by atoms with Gasteiger partial charge in [0.1, 0.15) is 0 Å². The minimum atomic E-state index is -1.33. The molecule has 5 nitrogen and oxygen atoms in total. The molecule has 0 fully saturated rings. The van der Waals surface area contributed by atoms with Crippen molar-refractivity contribution >= 4 is 5.91 Å². The van der Waals surface area contributed by atoms with E-state index in [1.807, 2.05) is 30.3 Å². The molecular weight excluding hydrogens is 198 g/mol. The highest BCUT2D eigenvalue weighted by atomic mass is 16.3. The number of rotatable bonds is 4. The summed E-state index contributed by atoms with van der Waals surface area (Å²) in [6, 6.07) is 9.35. The molecule has 1 unspecified atom stereocenters. The molecule has 0 aromatic heterocycles. The predicted molar refractivity (Wildman–Crippen MR) is 55.0 cm³/mol. The summed E-state index contributed by atoms with van der Waals surface area (Å²) in [6.45, 7) is -0.197. The van der Waals surface area contributed by atoms with Crippen molar-refractivity contribution in [2.45, 2.75) is 12.6 Å². The topological polar surface area (TPSA) is 101 Å². The van der Waals surface area contributed by atoms with Crippen LogP contribution in [0.3, 0.4) is 0 Å². The Bertz CT molecular complexity index is 289. The highest BCUT2D eigenvalue weighted by molar-refractivity contribution is 5.80. The van der Waals surface area contributed by atoms with Crippen LogP contribution in [0, 0.1) is 0 Å². The van der Waals surface area contributed by atoms with Gasteiger partial charge in [-0.3, -0.25) is 4.79 Å². The molecule has 0 radical (unpaired) electrons. The Morgan fingerprint density at radius 2 is 1.93 bits per heavy atom. The van der Waals surface area contributed by atoms with E-state index in [0.717, 1.165) is 5.56 Å². The van der Waals surface area contributed by atoms with E-state index in [1.54, 1.807) is 0 Å². The summed E-state index contributed by atoms with van der Waals surface area (Å²) < 4.78 is 0. The van der Waals surface area contributed by atoms with Gasteiger partial charge in [0.15, 0.2) is 6.10 Å². The third-order valence-corrected chi connectivity index (χ3v) is 1.79. The fourth-order valence-electron chi connectivity index (χ4n) is 0.986. The van der Waals surface area contributed by atoms with Crippen LogP contribution in [0.4, 0.5) is 0 Å². The lowest BCUT2D eigenvalue weighted by atomic mass is 10.2. The molecule has 0 saturated heterocycles. The van der Waals surface area contributed by atoms with Gasteiger partial charge in [-0.1, -0.05) is 30.3 Å². The molecule has 1 amide bonds. The van der Waals surface area contributed by atoms with Crippen molar-refractivity contribution in [3.63, 3.8) is 0 Å². The van der Waals surface area contributed by atoms with Crippen molar-refractivity contribution in [2.75, 3.05) is 6.61 Å². The fraction of sp³-hybridized carbons (Fsp3) is 0.300. The summed E-state index contributed by atoms with van der Waals surface area (Å²) in [4.78, 5) is 11.0. The zero-order chi connectivity index (χ0) is 10.4. The van der Waals surface area contributed by atoms with Crippen LogP contribution < -0.4 is 5.32 Å². The second-order valence-corrected chi connectivity index (χ2v) is 2.90. The minimum absolute atomic E-state index is 0. The van der Waals surface area contributed by atoms with Gasteiger partial charge in [0, 0.05) is 6.54 Å². The summed E-state index contributed by atoms with van der Waals surface area (Å²) in [5.41, 5.74) is 0.950. The molecule has 0 bridgehead atoms. The summed E-state index contributed by atoms with van der Waals surface area (Å²) in [5, 5.41) is 19.9. The number of aliphatic hydroxyl groups excluding tert-OH is 2. The fourth-order valence-corrected chi connectivity index (χ4v) is 0.986. The predicted octanol–water partition coefficient (Wildman–Crippen LogP) is -1.17. The van der Waals surface area contributed by atoms with E-state index in [0.29, 0.717) is 6.54 Å². The number of hydrogen-bond acceptors (Lipinski definition) is 3. The molecule has 0 spiro atoms. The lowest BCUT2D eigenvalue weighted by molar-refractivity contribution is -0.131. The average molecular weight is 213 g/mol. The van der Waals surface area contributed by atoms with Gasteiger partial charge in [-0.05, 0) is 5.56 Å². The Labute approximate surface area is 87.7 Å². The molecule has 15 heavy (non-hydrogen) atoms. The first-order valence-corrected chi connectivity index (χ1v) is 4.34. The molecule has 5 heteroatoms. The van der Waals surface area contributed by atoms with E-state index < -0.39 is 18.6 Å². The number of aliphatic hydroxyl groups is 2. The Morgan fingerprint density at radius 1 is 1.33 bits per heavy atom. The summed E-state index contributed by atoms with van der Waals surface area (Å²) in [5.74, 6) is -0.559. The van der Waals surface area contributed by atoms with Gasteiger partial charge in [0.05, 0.1) is 6.61 Å². The molecule has 0 aliphatic rings. The first-order chi connectivity index (χ1) is 6.74. The van der Waals surface area contributed by atoms with Crippen LogP contribution in [0.15, 0.2) is 30.3 Å². The zero-order valence-corrected chi connectivity index (χ0v) is 8.18. The van der Waals surface area contributed by atoms with E-state index in [9.17, 15) is 4.79 Å². The molecule has 5 N–H and O–H groups in total. The number of carbonyl (C=O) groups is 1. The Hall–Kier alpha value is -1.43. The number of amides is 1. The second kappa shape index (κ2) is 6.94. The van der Waals surface area contributed by atoms with Crippen molar-refractivity contribution in [2.24, 2.45) is 0 Å². The van der Waals surface area contributed by atoms with Crippen LogP contribution in [0.2, 0.25) is 0 Å². The van der Waals surface area contributed by atoms with Gasteiger partial charge in [-0.25, -0.2) is 0 Å². The van der Waals surface area contributed by atoms with E-state index in [1.165, 1.54) is 0 Å². The third kappa shape index (κ3) is 4.55. The maximum atomic E-state index is 11.0. The molecule has 0 saturated carbocycles. The monoisotopic (exact) mass is 213 g/mol. The van der Waals surface area contributed by atoms with Crippen LogP contribution >= 0.6 is 0 Å². The first-order valence-electron chi connectivity index (χ1n) is 4.34. The van der Waals surface area contributed by atoms with Gasteiger partial charge >= 0.3 is 0 Å². The normalized spacial score (nSPS) is 11.3. The molecule has 1 atom stereocenters. The zero-order valence-electron chi connectivity index (χ0n) is 8.18. The van der Waals surface area contributed by atoms with Crippen LogP contribution in [-0.2, 0) is 11.3 Å². The molecule has 84 valence electrons. The number of benzene rings is 1. The van der Waals surface area contributed by atoms with Crippen molar-refractivity contribution < 1.29 is 20.5 Å². The Kier molecular flexibility index (Phi) is 6.28. The minimum Gasteiger partial charge on any atom is -0.412 e. The maximum absolute atomic E-state index is 11.0. The molecular formula is C10H15NO4. The van der Waals surface area contributed by atoms with Crippen LogP contribution in [0.5, 0.6) is 0 Å². The molecule has 1 rings (SSSR count). The second-order valence-electron chi connectivity index (χ2n) is 2.90. The van der Waals surface area contributed by atoms with Gasteiger partial charge in [0.2, 0.25) is 0 Å². The largest absolute Gasteiger partial charge is 0.412 e. The molecule has 1 aromatic carbocycles. The van der Waals surface area contributed by atoms with Crippen molar-refractivity contribution in [3.8, 4) is 0 Å². The molecule has 0 heterocycles. The lowest BCUT2D eigenvalue weighted by Crippen LogP contribution is -2.36. The molecule has 0 aliphatic heterocycles. The Morgan fingerprint density at radius 3 is 2.47 bits per heavy atom. The maximum Gasteiger partial charge on any atom is 0.251 e. The van der Waals surface area contributed by atoms with Crippen molar-refractivity contribution in [1.29, 1.82) is 0 Å². The number of carbonyl (C=O) groups excluding carboxylic acids is 1. The van der Waals surface area contributed by atoms with Gasteiger partial charge < -0.3 is 21.0 Å². The highest BCUT2D eigenvalue weighted by Gasteiger charge is 2.11. The van der Waals surface area contributed by atoms with Crippen molar-refractivity contribution in [1.82, 2.24) is 5.32 Å². The summed E-state index contributed by atoms with van der Waals surface area (Å²) in [6.07, 6.45) is -1.33. The van der Waals surface area contributed by atoms with Crippen LogP contribution in [0.25, 0.3) is 0 Å². The van der Waals surface area contributed by atoms with Gasteiger partial charge in [-0.15, -0.1) is 0 Å². The number of hydrogen-bond donors (Lipinski definition) is 3. The van der Waals surface area contributed by atoms with Gasteiger partial charge in [-0.2, -0.15) is 0 Å². The summed E-state index contributed by atoms with van der Waals surface area (Å²) >= 11 is 0. The number of nitrogens with one attached hydrogen (secondary N) is 1. The average Bonchev–Trinajstić information content (AvgIpc) is 2.26.